The number of rotatable bonds is 6. The molecule has 0 spiro atoms. The first-order valence-electron chi connectivity index (χ1n) is 6.83. The normalized spacial score (nSPS) is 13.9. The molecule has 0 saturated heterocycles. The lowest BCUT2D eigenvalue weighted by Gasteiger charge is -2.14. The third kappa shape index (κ3) is 5.21. The molecular formula is C15H22BrFN2O. The molecule has 3 nitrogen and oxygen atoms in total. The third-order valence-corrected chi connectivity index (χ3v) is 3.88. The molecule has 20 heavy (non-hydrogen) atoms. The smallest absolute Gasteiger partial charge is 0.227 e. The summed E-state index contributed by atoms with van der Waals surface area (Å²) in [6.07, 6.45) is 2.61. The summed E-state index contributed by atoms with van der Waals surface area (Å²) in [4.78, 5) is 12.1. The number of anilines is 1. The summed E-state index contributed by atoms with van der Waals surface area (Å²) in [7, 11) is 0. The van der Waals surface area contributed by atoms with Crippen LogP contribution in [0.4, 0.5) is 10.1 Å². The Bertz CT molecular complexity index is 477. The average Bonchev–Trinajstić information content (AvgIpc) is 2.35. The second-order valence-corrected chi connectivity index (χ2v) is 6.23. The lowest BCUT2D eigenvalue weighted by Crippen LogP contribution is -2.22. The SMILES string of the molecule is Cc1cc(Br)c(F)cc1NC(=O)C(C)CCCC(C)N. The van der Waals surface area contributed by atoms with Gasteiger partial charge in [0.1, 0.15) is 5.82 Å². The van der Waals surface area contributed by atoms with Crippen molar-refractivity contribution in [1.82, 2.24) is 0 Å². The van der Waals surface area contributed by atoms with Gasteiger partial charge in [-0.3, -0.25) is 4.79 Å². The van der Waals surface area contributed by atoms with E-state index in [0.29, 0.717) is 10.2 Å². The highest BCUT2D eigenvalue weighted by molar-refractivity contribution is 9.10. The first-order valence-corrected chi connectivity index (χ1v) is 7.62. The van der Waals surface area contributed by atoms with E-state index in [1.54, 1.807) is 6.07 Å². The van der Waals surface area contributed by atoms with Crippen molar-refractivity contribution in [2.75, 3.05) is 5.32 Å². The molecule has 2 atom stereocenters. The molecule has 0 aliphatic heterocycles. The number of nitrogens with one attached hydrogen (secondary N) is 1. The predicted molar refractivity (Wildman–Crippen MR) is 84.1 cm³/mol. The molecule has 2 unspecified atom stereocenters. The van der Waals surface area contributed by atoms with Gasteiger partial charge in [0.25, 0.3) is 0 Å². The Labute approximate surface area is 128 Å². The van der Waals surface area contributed by atoms with Crippen molar-refractivity contribution in [3.63, 3.8) is 0 Å². The van der Waals surface area contributed by atoms with Gasteiger partial charge in [0.2, 0.25) is 5.91 Å². The van der Waals surface area contributed by atoms with Gasteiger partial charge < -0.3 is 11.1 Å². The molecule has 0 aromatic heterocycles. The molecule has 0 aliphatic rings. The molecule has 1 rings (SSSR count). The fourth-order valence-corrected chi connectivity index (χ4v) is 2.37. The van der Waals surface area contributed by atoms with E-state index in [1.807, 2.05) is 20.8 Å². The monoisotopic (exact) mass is 344 g/mol. The molecule has 0 radical (unpaired) electrons. The first-order chi connectivity index (χ1) is 9.31. The zero-order valence-electron chi connectivity index (χ0n) is 12.2. The van der Waals surface area contributed by atoms with Crippen molar-refractivity contribution in [2.24, 2.45) is 11.7 Å². The van der Waals surface area contributed by atoms with Gasteiger partial charge >= 0.3 is 0 Å². The van der Waals surface area contributed by atoms with Crippen LogP contribution in [0.25, 0.3) is 0 Å². The Morgan fingerprint density at radius 2 is 2.05 bits per heavy atom. The molecule has 0 bridgehead atoms. The summed E-state index contributed by atoms with van der Waals surface area (Å²) in [5.41, 5.74) is 7.03. The molecule has 0 aliphatic carbocycles. The van der Waals surface area contributed by atoms with Crippen LogP contribution in [-0.2, 0) is 4.79 Å². The van der Waals surface area contributed by atoms with Crippen molar-refractivity contribution in [3.8, 4) is 0 Å². The summed E-state index contributed by atoms with van der Waals surface area (Å²) >= 11 is 3.12. The van der Waals surface area contributed by atoms with E-state index < -0.39 is 0 Å². The maximum Gasteiger partial charge on any atom is 0.227 e. The lowest BCUT2D eigenvalue weighted by molar-refractivity contribution is -0.119. The first kappa shape index (κ1) is 17.1. The molecule has 0 saturated carbocycles. The predicted octanol–water partition coefficient (Wildman–Crippen LogP) is 3.99. The topological polar surface area (TPSA) is 55.1 Å². The number of benzene rings is 1. The van der Waals surface area contributed by atoms with Crippen LogP contribution in [0.5, 0.6) is 0 Å². The Kier molecular flexibility index (Phi) is 6.62. The Morgan fingerprint density at radius 1 is 1.40 bits per heavy atom. The number of nitrogens with two attached hydrogens (primary N) is 1. The number of aryl methyl sites for hydroxylation is 1. The fraction of sp³-hybridized carbons (Fsp3) is 0.533. The van der Waals surface area contributed by atoms with Gasteiger partial charge in [-0.15, -0.1) is 0 Å². The highest BCUT2D eigenvalue weighted by Gasteiger charge is 2.15. The van der Waals surface area contributed by atoms with Crippen LogP contribution in [0.15, 0.2) is 16.6 Å². The number of halogens is 2. The maximum absolute atomic E-state index is 13.5. The van der Waals surface area contributed by atoms with Gasteiger partial charge in [0.15, 0.2) is 0 Å². The Balaban J connectivity index is 2.59. The van der Waals surface area contributed by atoms with Crippen molar-refractivity contribution in [3.05, 3.63) is 28.0 Å². The van der Waals surface area contributed by atoms with Crippen LogP contribution in [0.3, 0.4) is 0 Å². The minimum atomic E-state index is -0.379. The second-order valence-electron chi connectivity index (χ2n) is 5.38. The zero-order chi connectivity index (χ0) is 15.3. The van der Waals surface area contributed by atoms with Gasteiger partial charge in [-0.25, -0.2) is 4.39 Å². The Morgan fingerprint density at radius 3 is 2.65 bits per heavy atom. The fourth-order valence-electron chi connectivity index (χ4n) is 1.91. The molecule has 3 N–H and O–H groups in total. The average molecular weight is 345 g/mol. The minimum absolute atomic E-state index is 0.0838. The summed E-state index contributed by atoms with van der Waals surface area (Å²) in [5.74, 6) is -0.574. The van der Waals surface area contributed by atoms with Crippen LogP contribution in [0, 0.1) is 18.7 Å². The van der Waals surface area contributed by atoms with E-state index in [1.165, 1.54) is 6.07 Å². The van der Waals surface area contributed by atoms with Gasteiger partial charge in [0, 0.05) is 17.6 Å². The molecule has 1 aromatic rings. The van der Waals surface area contributed by atoms with Crippen molar-refractivity contribution < 1.29 is 9.18 Å². The lowest BCUT2D eigenvalue weighted by atomic mass is 10.0. The summed E-state index contributed by atoms with van der Waals surface area (Å²) in [5, 5.41) is 2.79. The number of carbonyl (C=O) groups is 1. The molecule has 0 heterocycles. The second kappa shape index (κ2) is 7.74. The van der Waals surface area contributed by atoms with Crippen LogP contribution in [0.1, 0.15) is 38.7 Å². The van der Waals surface area contributed by atoms with Gasteiger partial charge in [-0.05, 0) is 60.3 Å². The van der Waals surface area contributed by atoms with Crippen molar-refractivity contribution in [2.45, 2.75) is 46.1 Å². The minimum Gasteiger partial charge on any atom is -0.328 e. The van der Waals surface area contributed by atoms with E-state index in [2.05, 4.69) is 21.2 Å². The number of hydrogen-bond acceptors (Lipinski definition) is 2. The molecule has 1 aromatic carbocycles. The van der Waals surface area contributed by atoms with E-state index in [0.717, 1.165) is 24.8 Å². The molecule has 112 valence electrons. The molecule has 1 amide bonds. The Hall–Kier alpha value is -0.940. The molecule has 0 fully saturated rings. The highest BCUT2D eigenvalue weighted by atomic mass is 79.9. The van der Waals surface area contributed by atoms with Crippen LogP contribution >= 0.6 is 15.9 Å². The number of amides is 1. The van der Waals surface area contributed by atoms with E-state index in [9.17, 15) is 9.18 Å². The van der Waals surface area contributed by atoms with Crippen molar-refractivity contribution >= 4 is 27.5 Å². The molecular weight excluding hydrogens is 323 g/mol. The van der Waals surface area contributed by atoms with Gasteiger partial charge in [-0.1, -0.05) is 13.3 Å². The van der Waals surface area contributed by atoms with Gasteiger partial charge in [-0.2, -0.15) is 0 Å². The van der Waals surface area contributed by atoms with E-state index >= 15 is 0 Å². The highest BCUT2D eigenvalue weighted by Crippen LogP contribution is 2.24. The van der Waals surface area contributed by atoms with Crippen LogP contribution in [0.2, 0.25) is 0 Å². The number of carbonyl (C=O) groups excluding carboxylic acids is 1. The van der Waals surface area contributed by atoms with E-state index in [-0.39, 0.29) is 23.7 Å². The summed E-state index contributed by atoms with van der Waals surface area (Å²) < 4.78 is 13.9. The van der Waals surface area contributed by atoms with Crippen LogP contribution in [-0.4, -0.2) is 11.9 Å². The quantitative estimate of drug-likeness (QED) is 0.819. The van der Waals surface area contributed by atoms with Gasteiger partial charge in [0.05, 0.1) is 4.47 Å². The third-order valence-electron chi connectivity index (χ3n) is 3.27. The number of hydrogen-bond donors (Lipinski definition) is 2. The standard InChI is InChI=1S/C15H22BrFN2O/c1-9(5-4-6-11(3)18)15(20)19-14-8-13(17)12(16)7-10(14)2/h7-9,11H,4-6,18H2,1-3H3,(H,19,20). The summed E-state index contributed by atoms with van der Waals surface area (Å²) in [6.45, 7) is 5.67. The van der Waals surface area contributed by atoms with E-state index in [4.69, 9.17) is 5.73 Å². The molecule has 5 heteroatoms. The zero-order valence-corrected chi connectivity index (χ0v) is 13.8. The largest absolute Gasteiger partial charge is 0.328 e. The van der Waals surface area contributed by atoms with Crippen LogP contribution < -0.4 is 11.1 Å². The summed E-state index contributed by atoms with van der Waals surface area (Å²) in [6, 6.07) is 3.16. The maximum atomic E-state index is 13.5. The van der Waals surface area contributed by atoms with Crippen molar-refractivity contribution in [1.29, 1.82) is 0 Å².